The van der Waals surface area contributed by atoms with Gasteiger partial charge in [0.2, 0.25) is 0 Å². The van der Waals surface area contributed by atoms with Crippen LogP contribution in [0, 0.1) is 0 Å². The number of aliphatic hydroxyl groups excluding tert-OH is 2. The van der Waals surface area contributed by atoms with Crippen molar-refractivity contribution >= 4 is 21.3 Å². The highest BCUT2D eigenvalue weighted by molar-refractivity contribution is 7.91. The zero-order valence-corrected chi connectivity index (χ0v) is 17.2. The molecule has 8 heteroatoms. The summed E-state index contributed by atoms with van der Waals surface area (Å²) in [7, 11) is -1.48. The van der Waals surface area contributed by atoms with Gasteiger partial charge in [-0.1, -0.05) is 43.0 Å². The minimum Gasteiger partial charge on any atom is -0.508 e. The summed E-state index contributed by atoms with van der Waals surface area (Å²) < 4.78 is 29.0. The molecule has 7 nitrogen and oxygen atoms in total. The van der Waals surface area contributed by atoms with Crippen LogP contribution >= 0.6 is 0 Å². The lowest BCUT2D eigenvalue weighted by atomic mass is 10.1. The van der Waals surface area contributed by atoms with Crippen LogP contribution in [0.15, 0.2) is 55.1 Å². The molecule has 0 amide bonds. The van der Waals surface area contributed by atoms with E-state index in [9.17, 15) is 18.6 Å². The predicted octanol–water partition coefficient (Wildman–Crippen LogP) is 2.24. The fourth-order valence-corrected chi connectivity index (χ4v) is 4.54. The number of hydrogen-bond donors (Lipinski definition) is 2. The highest BCUT2D eigenvalue weighted by Gasteiger charge is 2.30. The van der Waals surface area contributed by atoms with E-state index in [2.05, 4.69) is 6.58 Å². The van der Waals surface area contributed by atoms with Crippen LogP contribution in [-0.4, -0.2) is 61.6 Å². The molecule has 2 aromatic rings. The van der Waals surface area contributed by atoms with Gasteiger partial charge in [-0.25, -0.2) is 8.42 Å². The molecule has 0 radical (unpaired) electrons. The molecule has 0 aliphatic carbocycles. The van der Waals surface area contributed by atoms with Crippen LogP contribution < -0.4 is 9.64 Å². The Labute approximate surface area is 171 Å². The van der Waals surface area contributed by atoms with Crippen molar-refractivity contribution in [1.29, 1.82) is 0 Å². The Hall–Kier alpha value is -2.55. The molecule has 1 fully saturated rings. The fourth-order valence-electron chi connectivity index (χ4n) is 3.31. The SMILES string of the molecule is C=C(O)c1ccc(CN(c2ccccc2OC)C(O)N2CCS(=O)(=O)CC2)cc1. The Morgan fingerprint density at radius 2 is 1.79 bits per heavy atom. The van der Waals surface area contributed by atoms with Gasteiger partial charge in [-0.3, -0.25) is 4.90 Å². The smallest absolute Gasteiger partial charge is 0.187 e. The molecule has 0 spiro atoms. The van der Waals surface area contributed by atoms with Gasteiger partial charge < -0.3 is 19.8 Å². The number of ether oxygens (including phenoxy) is 1. The molecule has 0 bridgehead atoms. The Bertz CT molecular complexity index is 945. The first-order valence-electron chi connectivity index (χ1n) is 9.30. The normalized spacial score (nSPS) is 17.4. The number of anilines is 1. The standard InChI is InChI=1S/C21H26N2O5S/c1-16(24)18-9-7-17(8-10-18)15-23(19-5-3-4-6-20(19)28-2)21(25)22-11-13-29(26,27)14-12-22/h3-10,21,24-25H,1,11-15H2,2H3. The maximum atomic E-state index is 11.8. The first-order valence-corrected chi connectivity index (χ1v) is 11.1. The number of rotatable bonds is 7. The molecular formula is C21H26N2O5S. The van der Waals surface area contributed by atoms with Gasteiger partial charge in [0.15, 0.2) is 16.2 Å². The van der Waals surface area contributed by atoms with E-state index in [1.54, 1.807) is 29.0 Å². The van der Waals surface area contributed by atoms with Crippen LogP contribution in [0.25, 0.3) is 5.76 Å². The second kappa shape index (κ2) is 8.86. The van der Waals surface area contributed by atoms with Gasteiger partial charge >= 0.3 is 0 Å². The van der Waals surface area contributed by atoms with Crippen molar-refractivity contribution in [2.24, 2.45) is 0 Å². The van der Waals surface area contributed by atoms with Crippen molar-refractivity contribution in [3.8, 4) is 5.75 Å². The molecule has 1 heterocycles. The lowest BCUT2D eigenvalue weighted by Crippen LogP contribution is -2.53. The molecule has 3 rings (SSSR count). The van der Waals surface area contributed by atoms with Gasteiger partial charge in [0.05, 0.1) is 24.3 Å². The Morgan fingerprint density at radius 3 is 2.38 bits per heavy atom. The molecule has 0 aromatic heterocycles. The number of benzene rings is 2. The van der Waals surface area contributed by atoms with Gasteiger partial charge in [0.1, 0.15) is 11.5 Å². The summed E-state index contributed by atoms with van der Waals surface area (Å²) in [5.41, 5.74) is 2.23. The lowest BCUT2D eigenvalue weighted by Gasteiger charge is -2.39. The van der Waals surface area contributed by atoms with Crippen LogP contribution in [-0.2, 0) is 16.4 Å². The van der Waals surface area contributed by atoms with E-state index >= 15 is 0 Å². The molecule has 1 aliphatic heterocycles. The molecular weight excluding hydrogens is 392 g/mol. The average Bonchev–Trinajstić information content (AvgIpc) is 2.72. The first kappa shape index (κ1) is 21.2. The van der Waals surface area contributed by atoms with Crippen molar-refractivity contribution < 1.29 is 23.4 Å². The van der Waals surface area contributed by atoms with E-state index in [0.29, 0.717) is 23.5 Å². The summed E-state index contributed by atoms with van der Waals surface area (Å²) in [6.45, 7) is 4.41. The minimum atomic E-state index is -3.05. The molecule has 156 valence electrons. The molecule has 1 aliphatic rings. The van der Waals surface area contributed by atoms with Crippen LogP contribution in [0.1, 0.15) is 11.1 Å². The van der Waals surface area contributed by atoms with Crippen LogP contribution in [0.3, 0.4) is 0 Å². The zero-order chi connectivity index (χ0) is 21.0. The molecule has 1 saturated heterocycles. The van der Waals surface area contributed by atoms with E-state index in [1.165, 1.54) is 0 Å². The Morgan fingerprint density at radius 1 is 1.17 bits per heavy atom. The van der Waals surface area contributed by atoms with Gasteiger partial charge in [0, 0.05) is 25.2 Å². The maximum Gasteiger partial charge on any atom is 0.187 e. The third kappa shape index (κ3) is 5.09. The van der Waals surface area contributed by atoms with Crippen LogP contribution in [0.5, 0.6) is 5.75 Å². The topological polar surface area (TPSA) is 90.3 Å². The first-order chi connectivity index (χ1) is 13.8. The van der Waals surface area contributed by atoms with Gasteiger partial charge in [0.25, 0.3) is 0 Å². The van der Waals surface area contributed by atoms with Crippen molar-refractivity contribution in [3.05, 3.63) is 66.2 Å². The lowest BCUT2D eigenvalue weighted by molar-refractivity contribution is 0.00573. The quantitative estimate of drug-likeness (QED) is 0.526. The largest absolute Gasteiger partial charge is 0.508 e. The third-order valence-corrected chi connectivity index (χ3v) is 6.63. The van der Waals surface area contributed by atoms with Crippen molar-refractivity contribution in [2.75, 3.05) is 36.6 Å². The van der Waals surface area contributed by atoms with E-state index < -0.39 is 16.2 Å². The Balaban J connectivity index is 1.90. The van der Waals surface area contributed by atoms with Gasteiger partial charge in [-0.15, -0.1) is 0 Å². The van der Waals surface area contributed by atoms with Crippen LogP contribution in [0.4, 0.5) is 5.69 Å². The van der Waals surface area contributed by atoms with E-state index in [1.807, 2.05) is 36.4 Å². The summed E-state index contributed by atoms with van der Waals surface area (Å²) in [5, 5.41) is 20.7. The van der Waals surface area contributed by atoms with Crippen molar-refractivity contribution in [1.82, 2.24) is 4.90 Å². The summed E-state index contributed by atoms with van der Waals surface area (Å²) in [5.74, 6) is 0.651. The molecule has 0 saturated carbocycles. The van der Waals surface area contributed by atoms with Crippen LogP contribution in [0.2, 0.25) is 0 Å². The predicted molar refractivity (Wildman–Crippen MR) is 114 cm³/mol. The van der Waals surface area contributed by atoms with E-state index in [4.69, 9.17) is 4.74 Å². The average molecular weight is 419 g/mol. The number of nitrogens with zero attached hydrogens (tertiary/aromatic N) is 2. The highest BCUT2D eigenvalue weighted by Crippen LogP contribution is 2.31. The van der Waals surface area contributed by atoms with Crippen molar-refractivity contribution in [3.63, 3.8) is 0 Å². The molecule has 2 aromatic carbocycles. The van der Waals surface area contributed by atoms with E-state index in [0.717, 1.165) is 5.56 Å². The number of aliphatic hydroxyl groups is 2. The minimum absolute atomic E-state index is 0.00676. The summed E-state index contributed by atoms with van der Waals surface area (Å²) in [6.07, 6.45) is -1.02. The summed E-state index contributed by atoms with van der Waals surface area (Å²) in [6, 6.07) is 14.6. The number of para-hydroxylation sites is 2. The maximum absolute atomic E-state index is 11.8. The van der Waals surface area contributed by atoms with Gasteiger partial charge in [-0.2, -0.15) is 0 Å². The number of methoxy groups -OCH3 is 1. The van der Waals surface area contributed by atoms with Gasteiger partial charge in [-0.05, 0) is 17.7 Å². The monoisotopic (exact) mass is 418 g/mol. The summed E-state index contributed by atoms with van der Waals surface area (Å²) >= 11 is 0. The molecule has 2 N–H and O–H groups in total. The second-order valence-electron chi connectivity index (χ2n) is 6.98. The van der Waals surface area contributed by atoms with E-state index in [-0.39, 0.29) is 30.4 Å². The number of sulfone groups is 1. The third-order valence-electron chi connectivity index (χ3n) is 5.02. The molecule has 29 heavy (non-hydrogen) atoms. The number of hydrogen-bond acceptors (Lipinski definition) is 7. The highest BCUT2D eigenvalue weighted by atomic mass is 32.2. The molecule has 1 atom stereocenters. The second-order valence-corrected chi connectivity index (χ2v) is 9.28. The fraction of sp³-hybridized carbons (Fsp3) is 0.333. The Kier molecular flexibility index (Phi) is 6.46. The zero-order valence-electron chi connectivity index (χ0n) is 16.4. The summed E-state index contributed by atoms with van der Waals surface area (Å²) in [4.78, 5) is 3.52. The molecule has 1 unspecified atom stereocenters. The van der Waals surface area contributed by atoms with Crippen molar-refractivity contribution in [2.45, 2.75) is 12.9 Å².